The van der Waals surface area contributed by atoms with E-state index in [1.54, 1.807) is 24.3 Å². The number of fused-ring (bicyclic) bond motifs is 1. The summed E-state index contributed by atoms with van der Waals surface area (Å²) in [5.41, 5.74) is 0.190. The van der Waals surface area contributed by atoms with Gasteiger partial charge in [0.05, 0.1) is 10.4 Å². The van der Waals surface area contributed by atoms with Gasteiger partial charge in [-0.25, -0.2) is 4.98 Å². The SMILES string of the molecule is CC.CC.O=[N+]([O-])c1c(Cl)nc2ccccc2c1Cl. The highest BCUT2D eigenvalue weighted by atomic mass is 35.5. The van der Waals surface area contributed by atoms with Gasteiger partial charge in [-0.1, -0.05) is 69.1 Å². The number of para-hydroxylation sites is 1. The third-order valence-corrected chi connectivity index (χ3v) is 2.59. The molecule has 1 heterocycles. The van der Waals surface area contributed by atoms with E-state index in [1.165, 1.54) is 0 Å². The van der Waals surface area contributed by atoms with Crippen LogP contribution in [0.3, 0.4) is 0 Å². The molecule has 4 nitrogen and oxygen atoms in total. The molecule has 1 aromatic heterocycles. The first kappa shape index (κ1) is 17.6. The van der Waals surface area contributed by atoms with Crippen molar-refractivity contribution in [1.82, 2.24) is 4.98 Å². The molecule has 0 bridgehead atoms. The molecule has 0 fully saturated rings. The second-order valence-electron chi connectivity index (χ2n) is 2.84. The zero-order valence-electron chi connectivity index (χ0n) is 11.3. The van der Waals surface area contributed by atoms with Gasteiger partial charge in [-0.05, 0) is 6.07 Å². The van der Waals surface area contributed by atoms with Gasteiger partial charge in [-0.3, -0.25) is 10.1 Å². The molecule has 0 aliphatic rings. The maximum absolute atomic E-state index is 10.7. The van der Waals surface area contributed by atoms with Crippen LogP contribution >= 0.6 is 23.2 Å². The fourth-order valence-electron chi connectivity index (χ4n) is 1.29. The Morgan fingerprint density at radius 3 is 2.16 bits per heavy atom. The first-order chi connectivity index (χ1) is 9.11. The third-order valence-electron chi connectivity index (χ3n) is 1.95. The molecule has 6 heteroatoms. The van der Waals surface area contributed by atoms with Crippen molar-refractivity contribution in [3.05, 3.63) is 44.6 Å². The monoisotopic (exact) mass is 302 g/mol. The highest BCUT2D eigenvalue weighted by Gasteiger charge is 2.21. The number of halogens is 2. The Labute approximate surface area is 122 Å². The zero-order chi connectivity index (χ0) is 15.0. The molecule has 19 heavy (non-hydrogen) atoms. The van der Waals surface area contributed by atoms with E-state index in [0.717, 1.165) is 0 Å². The van der Waals surface area contributed by atoms with Gasteiger partial charge >= 0.3 is 5.69 Å². The minimum absolute atomic E-state index is 0.0237. The topological polar surface area (TPSA) is 56.0 Å². The average Bonchev–Trinajstić information content (AvgIpc) is 2.43. The van der Waals surface area contributed by atoms with Gasteiger partial charge in [0.1, 0.15) is 5.02 Å². The number of nitro groups is 1. The highest BCUT2D eigenvalue weighted by molar-refractivity contribution is 6.41. The van der Waals surface area contributed by atoms with Gasteiger partial charge in [-0.15, -0.1) is 0 Å². The minimum Gasteiger partial charge on any atom is -0.258 e. The molecular formula is C13H16Cl2N2O2. The summed E-state index contributed by atoms with van der Waals surface area (Å²) in [5, 5.41) is 11.0. The summed E-state index contributed by atoms with van der Waals surface area (Å²) in [6.45, 7) is 8.00. The van der Waals surface area contributed by atoms with Crippen molar-refractivity contribution < 1.29 is 4.92 Å². The van der Waals surface area contributed by atoms with Crippen molar-refractivity contribution in [3.8, 4) is 0 Å². The van der Waals surface area contributed by atoms with Crippen LogP contribution in [-0.4, -0.2) is 9.91 Å². The molecule has 0 aliphatic heterocycles. The average molecular weight is 303 g/mol. The number of pyridine rings is 1. The Morgan fingerprint density at radius 1 is 1.11 bits per heavy atom. The lowest BCUT2D eigenvalue weighted by molar-refractivity contribution is -0.384. The predicted octanol–water partition coefficient (Wildman–Crippen LogP) is 5.50. The Kier molecular flexibility index (Phi) is 8.03. The Bertz CT molecular complexity index is 560. The van der Waals surface area contributed by atoms with Gasteiger partial charge in [0.25, 0.3) is 0 Å². The number of hydrogen-bond acceptors (Lipinski definition) is 3. The van der Waals surface area contributed by atoms with Crippen molar-refractivity contribution in [2.75, 3.05) is 0 Å². The lowest BCUT2D eigenvalue weighted by Crippen LogP contribution is -1.93. The largest absolute Gasteiger partial charge is 0.325 e. The minimum atomic E-state index is -0.635. The molecule has 0 radical (unpaired) electrons. The summed E-state index contributed by atoms with van der Waals surface area (Å²) in [5.74, 6) is 0. The maximum Gasteiger partial charge on any atom is 0.325 e. The first-order valence-electron chi connectivity index (χ1n) is 5.99. The van der Waals surface area contributed by atoms with Crippen LogP contribution in [0.15, 0.2) is 24.3 Å². The van der Waals surface area contributed by atoms with Gasteiger partial charge in [0, 0.05) is 5.39 Å². The Balaban J connectivity index is 0.000000741. The fraction of sp³-hybridized carbons (Fsp3) is 0.308. The van der Waals surface area contributed by atoms with Crippen molar-refractivity contribution in [3.63, 3.8) is 0 Å². The molecule has 0 unspecified atom stereocenters. The molecule has 0 N–H and O–H groups in total. The van der Waals surface area contributed by atoms with Crippen molar-refractivity contribution in [2.45, 2.75) is 27.7 Å². The number of rotatable bonds is 1. The molecule has 104 valence electrons. The molecule has 0 amide bonds. The Hall–Kier alpha value is -1.39. The lowest BCUT2D eigenvalue weighted by Gasteiger charge is -2.01. The highest BCUT2D eigenvalue weighted by Crippen LogP contribution is 2.36. The summed E-state index contributed by atoms with van der Waals surface area (Å²) >= 11 is 11.5. The van der Waals surface area contributed by atoms with Crippen LogP contribution in [0.4, 0.5) is 5.69 Å². The van der Waals surface area contributed by atoms with Crippen LogP contribution in [0.1, 0.15) is 27.7 Å². The fourth-order valence-corrected chi connectivity index (χ4v) is 1.91. The van der Waals surface area contributed by atoms with Crippen molar-refractivity contribution in [1.29, 1.82) is 0 Å². The first-order valence-corrected chi connectivity index (χ1v) is 6.75. The molecule has 0 saturated carbocycles. The van der Waals surface area contributed by atoms with Gasteiger partial charge in [0.2, 0.25) is 5.15 Å². The summed E-state index contributed by atoms with van der Waals surface area (Å²) in [7, 11) is 0. The van der Waals surface area contributed by atoms with Crippen LogP contribution in [0.5, 0.6) is 0 Å². The molecule has 0 atom stereocenters. The molecule has 2 rings (SSSR count). The van der Waals surface area contributed by atoms with E-state index in [4.69, 9.17) is 23.2 Å². The van der Waals surface area contributed by atoms with Crippen molar-refractivity contribution in [2.24, 2.45) is 0 Å². The van der Waals surface area contributed by atoms with Gasteiger partial charge in [0.15, 0.2) is 0 Å². The van der Waals surface area contributed by atoms with Crippen LogP contribution in [0.2, 0.25) is 10.2 Å². The lowest BCUT2D eigenvalue weighted by atomic mass is 10.2. The molecule has 0 spiro atoms. The van der Waals surface area contributed by atoms with E-state index in [0.29, 0.717) is 10.9 Å². The normalized spacial score (nSPS) is 8.95. The quantitative estimate of drug-likeness (QED) is 0.397. The summed E-state index contributed by atoms with van der Waals surface area (Å²) in [6, 6.07) is 6.84. The predicted molar refractivity (Wildman–Crippen MR) is 81.1 cm³/mol. The zero-order valence-corrected chi connectivity index (χ0v) is 12.8. The number of aromatic nitrogens is 1. The van der Waals surface area contributed by atoms with Crippen LogP contribution in [0, 0.1) is 10.1 Å². The molecule has 1 aromatic carbocycles. The van der Waals surface area contributed by atoms with E-state index in [9.17, 15) is 10.1 Å². The van der Waals surface area contributed by atoms with E-state index in [-0.39, 0.29) is 15.9 Å². The number of benzene rings is 1. The molecule has 2 aromatic rings. The van der Waals surface area contributed by atoms with Gasteiger partial charge in [-0.2, -0.15) is 0 Å². The third kappa shape index (κ3) is 4.04. The smallest absolute Gasteiger partial charge is 0.258 e. The maximum atomic E-state index is 10.7. The van der Waals surface area contributed by atoms with E-state index >= 15 is 0 Å². The summed E-state index contributed by atoms with van der Waals surface area (Å²) < 4.78 is 0. The van der Waals surface area contributed by atoms with E-state index in [2.05, 4.69) is 4.98 Å². The Morgan fingerprint density at radius 2 is 1.63 bits per heavy atom. The molecule has 0 saturated heterocycles. The summed E-state index contributed by atoms with van der Waals surface area (Å²) in [4.78, 5) is 13.9. The number of hydrogen-bond donors (Lipinski definition) is 0. The summed E-state index contributed by atoms with van der Waals surface area (Å²) in [6.07, 6.45) is 0. The second kappa shape index (κ2) is 8.67. The standard InChI is InChI=1S/C9H4Cl2N2O2.2C2H6/c10-7-5-3-1-2-4-6(5)12-9(11)8(7)13(14)15;2*1-2/h1-4H;2*1-2H3. The van der Waals surface area contributed by atoms with Gasteiger partial charge < -0.3 is 0 Å². The van der Waals surface area contributed by atoms with Crippen molar-refractivity contribution >= 4 is 39.8 Å². The molecule has 0 aliphatic carbocycles. The van der Waals surface area contributed by atoms with Crippen LogP contribution in [0.25, 0.3) is 10.9 Å². The second-order valence-corrected chi connectivity index (χ2v) is 3.58. The van der Waals surface area contributed by atoms with Crippen LogP contribution < -0.4 is 0 Å². The van der Waals surface area contributed by atoms with E-state index in [1.807, 2.05) is 27.7 Å². The van der Waals surface area contributed by atoms with E-state index < -0.39 is 4.92 Å². The van der Waals surface area contributed by atoms with Crippen LogP contribution in [-0.2, 0) is 0 Å². The number of nitrogens with zero attached hydrogens (tertiary/aromatic N) is 2. The molecular weight excluding hydrogens is 287 g/mol.